The number of carbonyl (C=O) groups excluding carboxylic acids is 1. The largest absolute Gasteiger partial charge is 0.360 e. The van der Waals surface area contributed by atoms with Crippen LogP contribution in [0.5, 0.6) is 0 Å². The molecule has 8 nitrogen and oxygen atoms in total. The fourth-order valence-corrected chi connectivity index (χ4v) is 6.37. The molecule has 1 aliphatic rings. The van der Waals surface area contributed by atoms with E-state index in [0.717, 1.165) is 5.56 Å². The van der Waals surface area contributed by atoms with Crippen LogP contribution in [0.15, 0.2) is 39.1 Å². The van der Waals surface area contributed by atoms with Crippen molar-refractivity contribution in [3.05, 3.63) is 46.1 Å². The third kappa shape index (κ3) is 4.38. The van der Waals surface area contributed by atoms with Gasteiger partial charge in [-0.2, -0.15) is 4.31 Å². The summed E-state index contributed by atoms with van der Waals surface area (Å²) in [6.45, 7) is 3.70. The molecule has 1 amide bonds. The van der Waals surface area contributed by atoms with E-state index in [1.54, 1.807) is 19.9 Å². The van der Waals surface area contributed by atoms with Gasteiger partial charge < -0.3 is 9.84 Å². The number of hydrogen-bond donors (Lipinski definition) is 1. The number of piperidine rings is 1. The summed E-state index contributed by atoms with van der Waals surface area (Å²) in [5.41, 5.74) is 1.85. The monoisotopic (exact) mass is 480 g/mol. The Hall–Kier alpha value is -2.27. The number of amides is 1. The fourth-order valence-electron chi connectivity index (χ4n) is 3.66. The molecule has 1 saturated heterocycles. The number of rotatable bonds is 5. The highest BCUT2D eigenvalue weighted by Gasteiger charge is 2.35. The average molecular weight is 481 g/mol. The average Bonchev–Trinajstić information content (AvgIpc) is 3.34. The molecule has 4 rings (SSSR count). The molecule has 31 heavy (non-hydrogen) atoms. The summed E-state index contributed by atoms with van der Waals surface area (Å²) in [5, 5.41) is 9.52. The van der Waals surface area contributed by atoms with Crippen LogP contribution in [-0.2, 0) is 14.8 Å². The molecule has 0 radical (unpaired) electrons. The maximum absolute atomic E-state index is 12.9. The highest BCUT2D eigenvalue weighted by atomic mass is 35.5. The first kappa shape index (κ1) is 21.9. The molecule has 0 bridgehead atoms. The van der Waals surface area contributed by atoms with Gasteiger partial charge in [-0.05, 0) is 32.8 Å². The third-order valence-corrected chi connectivity index (χ3v) is 8.51. The number of anilines is 1. The molecule has 0 spiro atoms. The molecule has 11 heteroatoms. The van der Waals surface area contributed by atoms with Gasteiger partial charge in [0.25, 0.3) is 0 Å². The van der Waals surface area contributed by atoms with Crippen molar-refractivity contribution in [3.63, 3.8) is 0 Å². The summed E-state index contributed by atoms with van der Waals surface area (Å²) in [6.07, 6.45) is 0.856. The number of aryl methyl sites for hydroxylation is 2. The molecule has 0 unspecified atom stereocenters. The van der Waals surface area contributed by atoms with Crippen LogP contribution in [0.1, 0.15) is 24.3 Å². The second-order valence-corrected chi connectivity index (χ2v) is 10.5. The van der Waals surface area contributed by atoms with Crippen molar-refractivity contribution >= 4 is 44.0 Å². The Morgan fingerprint density at radius 2 is 1.97 bits per heavy atom. The normalized spacial score (nSPS) is 15.8. The summed E-state index contributed by atoms with van der Waals surface area (Å²) < 4.78 is 32.3. The first-order valence-corrected chi connectivity index (χ1v) is 12.4. The quantitative estimate of drug-likeness (QED) is 0.589. The van der Waals surface area contributed by atoms with Crippen LogP contribution < -0.4 is 5.32 Å². The van der Waals surface area contributed by atoms with E-state index in [0.29, 0.717) is 34.4 Å². The van der Waals surface area contributed by atoms with Gasteiger partial charge >= 0.3 is 0 Å². The summed E-state index contributed by atoms with van der Waals surface area (Å²) in [5.74, 6) is -0.173. The van der Waals surface area contributed by atoms with Gasteiger partial charge in [0.05, 0.1) is 5.69 Å². The Morgan fingerprint density at radius 3 is 2.61 bits per heavy atom. The van der Waals surface area contributed by atoms with Gasteiger partial charge in [-0.3, -0.25) is 4.79 Å². The molecule has 1 aromatic carbocycles. The molecule has 164 valence electrons. The van der Waals surface area contributed by atoms with Crippen LogP contribution in [-0.4, -0.2) is 41.9 Å². The Balaban J connectivity index is 1.39. The van der Waals surface area contributed by atoms with Crippen LogP contribution in [0.2, 0.25) is 5.02 Å². The molecule has 0 saturated carbocycles. The van der Waals surface area contributed by atoms with Crippen molar-refractivity contribution in [1.82, 2.24) is 14.4 Å². The van der Waals surface area contributed by atoms with Crippen LogP contribution >= 0.6 is 22.9 Å². The van der Waals surface area contributed by atoms with Crippen molar-refractivity contribution < 1.29 is 17.7 Å². The van der Waals surface area contributed by atoms with E-state index in [4.69, 9.17) is 16.1 Å². The first-order chi connectivity index (χ1) is 14.8. The maximum atomic E-state index is 12.9. The number of hydrogen-bond acceptors (Lipinski definition) is 7. The highest BCUT2D eigenvalue weighted by molar-refractivity contribution is 7.89. The van der Waals surface area contributed by atoms with Gasteiger partial charge in [-0.15, -0.1) is 11.3 Å². The van der Waals surface area contributed by atoms with Crippen LogP contribution in [0.4, 0.5) is 5.13 Å². The van der Waals surface area contributed by atoms with E-state index in [9.17, 15) is 13.2 Å². The number of sulfonamides is 1. The fraction of sp³-hybridized carbons (Fsp3) is 0.350. The predicted octanol–water partition coefficient (Wildman–Crippen LogP) is 4.11. The summed E-state index contributed by atoms with van der Waals surface area (Å²) in [7, 11) is -3.70. The van der Waals surface area contributed by atoms with Crippen molar-refractivity contribution in [2.75, 3.05) is 18.4 Å². The van der Waals surface area contributed by atoms with Crippen molar-refractivity contribution in [2.24, 2.45) is 5.92 Å². The van der Waals surface area contributed by atoms with E-state index in [1.807, 2.05) is 23.6 Å². The van der Waals surface area contributed by atoms with Gasteiger partial charge in [0.15, 0.2) is 10.9 Å². The van der Waals surface area contributed by atoms with Crippen LogP contribution in [0, 0.1) is 19.8 Å². The molecular weight excluding hydrogens is 460 g/mol. The van der Waals surface area contributed by atoms with Gasteiger partial charge in [-0.1, -0.05) is 35.0 Å². The smallest absolute Gasteiger partial charge is 0.248 e. The maximum Gasteiger partial charge on any atom is 0.248 e. The lowest BCUT2D eigenvalue weighted by atomic mass is 9.97. The molecule has 1 fully saturated rings. The zero-order valence-corrected chi connectivity index (χ0v) is 19.4. The minimum Gasteiger partial charge on any atom is -0.360 e. The summed E-state index contributed by atoms with van der Waals surface area (Å²) >= 11 is 7.54. The molecule has 1 aliphatic heterocycles. The topological polar surface area (TPSA) is 105 Å². The molecule has 1 N–H and O–H groups in total. The van der Waals surface area contributed by atoms with Gasteiger partial charge in [0.2, 0.25) is 15.9 Å². The number of nitrogens with zero attached hydrogens (tertiary/aromatic N) is 3. The van der Waals surface area contributed by atoms with Gasteiger partial charge in [-0.25, -0.2) is 13.4 Å². The van der Waals surface area contributed by atoms with Gasteiger partial charge in [0, 0.05) is 35.0 Å². The van der Waals surface area contributed by atoms with Crippen LogP contribution in [0.3, 0.4) is 0 Å². The zero-order chi connectivity index (χ0) is 22.2. The van der Waals surface area contributed by atoms with Crippen LogP contribution in [0.25, 0.3) is 11.3 Å². The first-order valence-electron chi connectivity index (χ1n) is 9.71. The highest BCUT2D eigenvalue weighted by Crippen LogP contribution is 2.31. The Bertz CT molecular complexity index is 1190. The number of halogens is 1. The SMILES string of the molecule is Cc1noc(C)c1S(=O)(=O)N1CCC(C(=O)Nc2nc(-c3ccccc3Cl)cs2)CC1. The Labute approximate surface area is 189 Å². The number of carbonyl (C=O) groups is 1. The lowest BCUT2D eigenvalue weighted by Gasteiger charge is -2.30. The predicted molar refractivity (Wildman–Crippen MR) is 119 cm³/mol. The Morgan fingerprint density at radius 1 is 1.26 bits per heavy atom. The standard InChI is InChI=1S/C20H21ClN4O4S2/c1-12-18(13(2)29-24-12)31(27,28)25-9-7-14(8-10-25)19(26)23-20-22-17(11-30-20)15-5-3-4-6-16(15)21/h3-6,11,14H,7-10H2,1-2H3,(H,22,23,26). The lowest BCUT2D eigenvalue weighted by Crippen LogP contribution is -2.41. The Kier molecular flexibility index (Phi) is 6.16. The van der Waals surface area contributed by atoms with E-state index in [1.165, 1.54) is 15.6 Å². The summed E-state index contributed by atoms with van der Waals surface area (Å²) in [6, 6.07) is 7.39. The van der Waals surface area contributed by atoms with E-state index in [-0.39, 0.29) is 35.6 Å². The molecule has 0 aliphatic carbocycles. The summed E-state index contributed by atoms with van der Waals surface area (Å²) in [4.78, 5) is 17.3. The minimum atomic E-state index is -3.70. The number of aromatic nitrogens is 2. The minimum absolute atomic E-state index is 0.116. The number of nitrogens with one attached hydrogen (secondary N) is 1. The van der Waals surface area contributed by atoms with E-state index >= 15 is 0 Å². The zero-order valence-electron chi connectivity index (χ0n) is 17.0. The third-order valence-electron chi connectivity index (χ3n) is 5.27. The molecule has 0 atom stereocenters. The van der Waals surface area contributed by atoms with Crippen molar-refractivity contribution in [2.45, 2.75) is 31.6 Å². The molecule has 2 aromatic heterocycles. The molecule has 3 heterocycles. The lowest BCUT2D eigenvalue weighted by molar-refractivity contribution is -0.120. The number of thiazole rings is 1. The number of benzene rings is 1. The second-order valence-electron chi connectivity index (χ2n) is 7.34. The second kappa shape index (κ2) is 8.70. The van der Waals surface area contributed by atoms with Crippen molar-refractivity contribution in [3.8, 4) is 11.3 Å². The van der Waals surface area contributed by atoms with Crippen molar-refractivity contribution in [1.29, 1.82) is 0 Å². The molecule has 3 aromatic rings. The van der Waals surface area contributed by atoms with Gasteiger partial charge in [0.1, 0.15) is 10.6 Å². The van der Waals surface area contributed by atoms with E-state index in [2.05, 4.69) is 15.5 Å². The molecular formula is C20H21ClN4O4S2. The van der Waals surface area contributed by atoms with E-state index < -0.39 is 10.0 Å².